The Kier molecular flexibility index (Phi) is 12.8. The summed E-state index contributed by atoms with van der Waals surface area (Å²) >= 11 is 12.5. The van der Waals surface area contributed by atoms with Crippen molar-refractivity contribution in [3.8, 4) is 5.75 Å². The maximum atomic E-state index is 13.9. The summed E-state index contributed by atoms with van der Waals surface area (Å²) in [6.45, 7) is 2.29. The number of halogens is 2. The Balaban J connectivity index is 1.56. The van der Waals surface area contributed by atoms with Gasteiger partial charge in [-0.25, -0.2) is 0 Å². The van der Waals surface area contributed by atoms with Gasteiger partial charge in [-0.2, -0.15) is 0 Å². The summed E-state index contributed by atoms with van der Waals surface area (Å²) in [5.41, 5.74) is 1.99. The zero-order valence-electron chi connectivity index (χ0n) is 24.9. The zero-order chi connectivity index (χ0) is 30.8. The molecule has 43 heavy (non-hydrogen) atoms. The lowest BCUT2D eigenvalue weighted by molar-refractivity contribution is -0.138. The quantitative estimate of drug-likeness (QED) is 0.182. The number of benzene rings is 2. The molecule has 9 heteroatoms. The van der Waals surface area contributed by atoms with Gasteiger partial charge >= 0.3 is 0 Å². The lowest BCUT2D eigenvalue weighted by Gasteiger charge is -2.41. The standard InChI is InChI=1S/C34H44Cl2N2O5/c1-2-3-4-5-6-7-8-9-10-15-30(40)38(22-23-16-17-26(35)27(36)20-23)28-21-25(34(42)37-18-19-39)31-24-13-11-12-14-29(24)43-33(31)32(28)41/h11-14,16-17,20-21,28,31-33,39,41H,2-10,15,18-19,22H2,1H3,(H,37,42)/t28-,31+,32+,33+/m1/s1. The number of nitrogens with one attached hydrogen (secondary N) is 1. The molecule has 2 amide bonds. The molecule has 2 aromatic carbocycles. The Labute approximate surface area is 265 Å². The lowest BCUT2D eigenvalue weighted by Crippen LogP contribution is -2.55. The van der Waals surface area contributed by atoms with Crippen LogP contribution in [-0.4, -0.2) is 58.3 Å². The van der Waals surface area contributed by atoms with E-state index < -0.39 is 24.2 Å². The van der Waals surface area contributed by atoms with E-state index in [2.05, 4.69) is 12.2 Å². The third-order valence-electron chi connectivity index (χ3n) is 8.39. The zero-order valence-corrected chi connectivity index (χ0v) is 26.5. The largest absolute Gasteiger partial charge is 0.486 e. The van der Waals surface area contributed by atoms with Gasteiger partial charge in [0.05, 0.1) is 28.6 Å². The molecule has 0 fully saturated rings. The first-order valence-corrected chi connectivity index (χ1v) is 16.4. The van der Waals surface area contributed by atoms with E-state index in [9.17, 15) is 19.8 Å². The van der Waals surface area contributed by atoms with Crippen molar-refractivity contribution < 1.29 is 24.5 Å². The van der Waals surface area contributed by atoms with Gasteiger partial charge in [-0.1, -0.05) is 106 Å². The van der Waals surface area contributed by atoms with E-state index in [-0.39, 0.29) is 31.5 Å². The molecule has 0 aromatic heterocycles. The van der Waals surface area contributed by atoms with Crippen LogP contribution in [0.25, 0.3) is 0 Å². The number of ether oxygens (including phenoxy) is 1. The highest BCUT2D eigenvalue weighted by molar-refractivity contribution is 6.42. The van der Waals surface area contributed by atoms with E-state index >= 15 is 0 Å². The number of carbonyl (C=O) groups is 2. The van der Waals surface area contributed by atoms with Crippen LogP contribution in [0.3, 0.4) is 0 Å². The second-order valence-corrected chi connectivity index (χ2v) is 12.3. The summed E-state index contributed by atoms with van der Waals surface area (Å²) in [5.74, 6) is -0.365. The SMILES string of the molecule is CCCCCCCCCCCC(=O)N(Cc1ccc(Cl)c(Cl)c1)[C@@H]1C=C(C(=O)NCCO)[C@@H]2c3ccccc3O[C@@H]2[C@H]1O. The molecule has 1 aliphatic heterocycles. The van der Waals surface area contributed by atoms with Crippen molar-refractivity contribution in [2.24, 2.45) is 0 Å². The van der Waals surface area contributed by atoms with Crippen LogP contribution in [0.1, 0.15) is 88.2 Å². The van der Waals surface area contributed by atoms with E-state index in [1.165, 1.54) is 38.5 Å². The second kappa shape index (κ2) is 16.5. The predicted octanol–water partition coefficient (Wildman–Crippen LogP) is 6.57. The van der Waals surface area contributed by atoms with E-state index in [4.69, 9.17) is 27.9 Å². The molecule has 0 saturated carbocycles. The molecule has 0 radical (unpaired) electrons. The van der Waals surface area contributed by atoms with Crippen molar-refractivity contribution in [3.63, 3.8) is 0 Å². The van der Waals surface area contributed by atoms with Crippen LogP contribution in [0, 0.1) is 0 Å². The molecular formula is C34H44Cl2N2O5. The van der Waals surface area contributed by atoms with Gasteiger partial charge in [-0.15, -0.1) is 0 Å². The molecule has 234 valence electrons. The van der Waals surface area contributed by atoms with Gasteiger partial charge in [0.15, 0.2) is 0 Å². The molecular weight excluding hydrogens is 587 g/mol. The average molecular weight is 632 g/mol. The molecule has 4 rings (SSSR count). The molecule has 7 nitrogen and oxygen atoms in total. The van der Waals surface area contributed by atoms with Crippen LogP contribution < -0.4 is 10.1 Å². The topological polar surface area (TPSA) is 99.1 Å². The van der Waals surface area contributed by atoms with Crippen LogP contribution in [-0.2, 0) is 16.1 Å². The third kappa shape index (κ3) is 8.53. The minimum absolute atomic E-state index is 0.0911. The molecule has 3 N–H and O–H groups in total. The van der Waals surface area contributed by atoms with Crippen LogP contribution in [0.2, 0.25) is 10.0 Å². The van der Waals surface area contributed by atoms with Gasteiger partial charge in [-0.3, -0.25) is 9.59 Å². The summed E-state index contributed by atoms with van der Waals surface area (Å²) < 4.78 is 6.22. The third-order valence-corrected chi connectivity index (χ3v) is 9.13. The molecule has 0 bridgehead atoms. The summed E-state index contributed by atoms with van der Waals surface area (Å²) in [4.78, 5) is 28.9. The number of fused-ring (bicyclic) bond motifs is 3. The molecule has 2 aliphatic rings. The first kappa shape index (κ1) is 33.3. The van der Waals surface area contributed by atoms with Gasteiger partial charge in [0, 0.05) is 30.6 Å². The number of aliphatic hydroxyl groups excluding tert-OH is 2. The van der Waals surface area contributed by atoms with Gasteiger partial charge in [0.1, 0.15) is 18.0 Å². The van der Waals surface area contributed by atoms with Gasteiger partial charge in [0.2, 0.25) is 11.8 Å². The van der Waals surface area contributed by atoms with E-state index in [1.54, 1.807) is 23.1 Å². The summed E-state index contributed by atoms with van der Waals surface area (Å²) in [5, 5.41) is 24.6. The van der Waals surface area contributed by atoms with E-state index in [0.29, 0.717) is 27.8 Å². The number of aliphatic hydroxyl groups is 2. The number of para-hydroxylation sites is 1. The number of hydrogen-bond acceptors (Lipinski definition) is 5. The highest BCUT2D eigenvalue weighted by atomic mass is 35.5. The first-order chi connectivity index (χ1) is 20.8. The number of rotatable bonds is 16. The highest BCUT2D eigenvalue weighted by Gasteiger charge is 2.50. The van der Waals surface area contributed by atoms with Crippen molar-refractivity contribution >= 4 is 35.0 Å². The summed E-state index contributed by atoms with van der Waals surface area (Å²) in [6, 6.07) is 11.8. The van der Waals surface area contributed by atoms with Crippen LogP contribution in [0.5, 0.6) is 5.75 Å². The number of hydrogen-bond donors (Lipinski definition) is 3. The fraction of sp³-hybridized carbons (Fsp3) is 0.529. The number of carbonyl (C=O) groups excluding carboxylic acids is 2. The Bertz CT molecular complexity index is 1270. The number of unbranched alkanes of at least 4 members (excludes halogenated alkanes) is 8. The van der Waals surface area contributed by atoms with Gasteiger partial charge in [-0.05, 0) is 36.3 Å². The lowest BCUT2D eigenvalue weighted by atomic mass is 9.77. The first-order valence-electron chi connectivity index (χ1n) is 15.6. The van der Waals surface area contributed by atoms with Gasteiger partial charge < -0.3 is 25.2 Å². The number of amides is 2. The fourth-order valence-corrected chi connectivity index (χ4v) is 6.44. The summed E-state index contributed by atoms with van der Waals surface area (Å²) in [7, 11) is 0. The molecule has 4 atom stereocenters. The smallest absolute Gasteiger partial charge is 0.247 e. The predicted molar refractivity (Wildman–Crippen MR) is 170 cm³/mol. The molecule has 1 aliphatic carbocycles. The molecule has 0 saturated heterocycles. The minimum Gasteiger partial charge on any atom is -0.486 e. The Morgan fingerprint density at radius 1 is 0.953 bits per heavy atom. The Morgan fingerprint density at radius 3 is 2.35 bits per heavy atom. The fourth-order valence-electron chi connectivity index (χ4n) is 6.12. The van der Waals surface area contributed by atoms with Crippen molar-refractivity contribution in [1.29, 1.82) is 0 Å². The Morgan fingerprint density at radius 2 is 1.65 bits per heavy atom. The Hall–Kier alpha value is -2.58. The van der Waals surface area contributed by atoms with E-state index in [0.717, 1.165) is 30.4 Å². The van der Waals surface area contributed by atoms with Crippen molar-refractivity contribution in [2.75, 3.05) is 13.2 Å². The summed E-state index contributed by atoms with van der Waals surface area (Å²) in [6.07, 6.45) is 10.5. The molecule has 2 aromatic rings. The van der Waals surface area contributed by atoms with Crippen LogP contribution >= 0.6 is 23.2 Å². The van der Waals surface area contributed by atoms with Crippen molar-refractivity contribution in [3.05, 3.63) is 75.3 Å². The van der Waals surface area contributed by atoms with E-state index in [1.807, 2.05) is 30.3 Å². The number of nitrogens with zero attached hydrogens (tertiary/aromatic N) is 1. The van der Waals surface area contributed by atoms with Crippen molar-refractivity contribution in [2.45, 2.75) is 102 Å². The maximum Gasteiger partial charge on any atom is 0.247 e. The highest BCUT2D eigenvalue weighted by Crippen LogP contribution is 2.47. The second-order valence-electron chi connectivity index (χ2n) is 11.5. The van der Waals surface area contributed by atoms with Gasteiger partial charge in [0.25, 0.3) is 0 Å². The van der Waals surface area contributed by atoms with Crippen LogP contribution in [0.15, 0.2) is 54.1 Å². The molecule has 0 unspecified atom stereocenters. The van der Waals surface area contributed by atoms with Crippen molar-refractivity contribution in [1.82, 2.24) is 10.2 Å². The normalized spacial score (nSPS) is 20.5. The van der Waals surface area contributed by atoms with Crippen LogP contribution in [0.4, 0.5) is 0 Å². The molecule has 1 heterocycles. The molecule has 0 spiro atoms. The average Bonchev–Trinajstić information content (AvgIpc) is 3.40. The monoisotopic (exact) mass is 630 g/mol. The minimum atomic E-state index is -1.08. The maximum absolute atomic E-state index is 13.9.